The lowest BCUT2D eigenvalue weighted by Crippen LogP contribution is -2.27. The standard InChI is InChI=1S/C6H15NSSi/c1-3-9(4-2)6-7-5-8/h5,9H,3-4,6H2,1-2H3,(H,7,8). The first-order valence-electron chi connectivity index (χ1n) is 3.52. The first-order valence-corrected chi connectivity index (χ1v) is 6.44. The number of thiocarbonyl (C=S) groups is 1. The Bertz CT molecular complexity index is 73.5. The van der Waals surface area contributed by atoms with Gasteiger partial charge in [0.05, 0.1) is 14.3 Å². The molecule has 0 rings (SSSR count). The SMILES string of the molecule is CC[SiH](CC)CNC=S. The van der Waals surface area contributed by atoms with Gasteiger partial charge in [-0.15, -0.1) is 0 Å². The highest BCUT2D eigenvalue weighted by Crippen LogP contribution is 1.94. The van der Waals surface area contributed by atoms with Gasteiger partial charge in [-0.05, 0) is 0 Å². The van der Waals surface area contributed by atoms with Crippen LogP contribution in [-0.4, -0.2) is 20.5 Å². The monoisotopic (exact) mass is 161 g/mol. The fourth-order valence-electron chi connectivity index (χ4n) is 0.792. The minimum atomic E-state index is -0.419. The Morgan fingerprint density at radius 3 is 2.33 bits per heavy atom. The van der Waals surface area contributed by atoms with Gasteiger partial charge in [0.1, 0.15) is 0 Å². The normalized spacial score (nSPS) is 9.67. The Morgan fingerprint density at radius 1 is 1.44 bits per heavy atom. The summed E-state index contributed by atoms with van der Waals surface area (Å²) in [6.45, 7) is 4.54. The van der Waals surface area contributed by atoms with Crippen LogP contribution in [0, 0.1) is 0 Å². The van der Waals surface area contributed by atoms with Gasteiger partial charge in [-0.3, -0.25) is 0 Å². The molecule has 0 aromatic heterocycles. The highest BCUT2D eigenvalue weighted by atomic mass is 32.1. The molecule has 0 radical (unpaired) electrons. The largest absolute Gasteiger partial charge is 0.385 e. The molecule has 1 N–H and O–H groups in total. The van der Waals surface area contributed by atoms with E-state index in [1.165, 1.54) is 18.3 Å². The quantitative estimate of drug-likeness (QED) is 0.482. The van der Waals surface area contributed by atoms with Crippen molar-refractivity contribution in [1.29, 1.82) is 0 Å². The molecule has 0 bridgehead atoms. The second kappa shape index (κ2) is 6.23. The van der Waals surface area contributed by atoms with Crippen LogP contribution in [0.4, 0.5) is 0 Å². The molecule has 0 heterocycles. The Balaban J connectivity index is 3.19. The molecular formula is C6H15NSSi. The van der Waals surface area contributed by atoms with Gasteiger partial charge in [-0.25, -0.2) is 0 Å². The van der Waals surface area contributed by atoms with E-state index in [-0.39, 0.29) is 0 Å². The summed E-state index contributed by atoms with van der Waals surface area (Å²) in [6, 6.07) is 2.76. The number of nitrogens with one attached hydrogen (secondary N) is 1. The first-order chi connectivity index (χ1) is 4.35. The average Bonchev–Trinajstić information content (AvgIpc) is 1.91. The number of rotatable bonds is 5. The van der Waals surface area contributed by atoms with Crippen molar-refractivity contribution in [1.82, 2.24) is 5.32 Å². The van der Waals surface area contributed by atoms with Crippen molar-refractivity contribution in [3.8, 4) is 0 Å². The Hall–Kier alpha value is 0.107. The molecule has 0 fully saturated rings. The maximum atomic E-state index is 4.65. The molecule has 54 valence electrons. The van der Waals surface area contributed by atoms with E-state index >= 15 is 0 Å². The van der Waals surface area contributed by atoms with Crippen molar-refractivity contribution in [2.24, 2.45) is 0 Å². The third-order valence-electron chi connectivity index (χ3n) is 1.64. The third kappa shape index (κ3) is 4.60. The molecule has 0 aromatic rings. The molecule has 0 saturated heterocycles. The summed E-state index contributed by atoms with van der Waals surface area (Å²) in [6.07, 6.45) is 1.18. The molecule has 0 atom stereocenters. The molecule has 0 aliphatic heterocycles. The zero-order valence-electron chi connectivity index (χ0n) is 6.18. The second-order valence-corrected chi connectivity index (χ2v) is 6.22. The molecule has 0 aliphatic carbocycles. The second-order valence-electron chi connectivity index (χ2n) is 2.21. The fraction of sp³-hybridized carbons (Fsp3) is 0.833. The van der Waals surface area contributed by atoms with Crippen LogP contribution in [0.25, 0.3) is 0 Å². The minimum Gasteiger partial charge on any atom is -0.385 e. The predicted molar refractivity (Wildman–Crippen MR) is 49.8 cm³/mol. The smallest absolute Gasteiger partial charge is 0.0611 e. The van der Waals surface area contributed by atoms with Crippen LogP contribution in [0.1, 0.15) is 13.8 Å². The van der Waals surface area contributed by atoms with Gasteiger partial charge < -0.3 is 5.32 Å². The van der Waals surface area contributed by atoms with Gasteiger partial charge in [-0.2, -0.15) is 0 Å². The van der Waals surface area contributed by atoms with E-state index in [2.05, 4.69) is 31.4 Å². The van der Waals surface area contributed by atoms with E-state index < -0.39 is 8.80 Å². The lowest BCUT2D eigenvalue weighted by Gasteiger charge is -2.08. The van der Waals surface area contributed by atoms with Crippen LogP contribution in [0.15, 0.2) is 0 Å². The molecule has 0 spiro atoms. The van der Waals surface area contributed by atoms with Gasteiger partial charge >= 0.3 is 0 Å². The van der Waals surface area contributed by atoms with E-state index in [4.69, 9.17) is 0 Å². The van der Waals surface area contributed by atoms with E-state index in [0.29, 0.717) is 0 Å². The predicted octanol–water partition coefficient (Wildman–Crippen LogP) is 1.34. The van der Waals surface area contributed by atoms with Crippen molar-refractivity contribution in [2.75, 3.05) is 6.17 Å². The zero-order valence-corrected chi connectivity index (χ0v) is 8.16. The topological polar surface area (TPSA) is 12.0 Å². The minimum absolute atomic E-state index is 0.419. The zero-order chi connectivity index (χ0) is 7.11. The van der Waals surface area contributed by atoms with Crippen LogP contribution in [0.3, 0.4) is 0 Å². The van der Waals surface area contributed by atoms with E-state index in [0.717, 1.165) is 0 Å². The maximum absolute atomic E-state index is 4.65. The average molecular weight is 161 g/mol. The van der Waals surface area contributed by atoms with Crippen molar-refractivity contribution >= 4 is 26.5 Å². The summed E-state index contributed by atoms with van der Waals surface area (Å²) >= 11 is 4.65. The Kier molecular flexibility index (Phi) is 6.30. The van der Waals surface area contributed by atoms with Crippen molar-refractivity contribution < 1.29 is 0 Å². The highest BCUT2D eigenvalue weighted by Gasteiger charge is 2.01. The van der Waals surface area contributed by atoms with E-state index in [9.17, 15) is 0 Å². The van der Waals surface area contributed by atoms with Gasteiger partial charge in [0, 0.05) is 6.17 Å². The van der Waals surface area contributed by atoms with Gasteiger partial charge in [0.2, 0.25) is 0 Å². The van der Waals surface area contributed by atoms with E-state index in [1.54, 1.807) is 5.49 Å². The third-order valence-corrected chi connectivity index (χ3v) is 4.93. The van der Waals surface area contributed by atoms with Crippen LogP contribution < -0.4 is 5.32 Å². The summed E-state index contributed by atoms with van der Waals surface area (Å²) < 4.78 is 0. The van der Waals surface area contributed by atoms with Gasteiger partial charge in [0.15, 0.2) is 0 Å². The molecule has 9 heavy (non-hydrogen) atoms. The lowest BCUT2D eigenvalue weighted by molar-refractivity contribution is 1.10. The Labute approximate surface area is 64.5 Å². The van der Waals surface area contributed by atoms with Gasteiger partial charge in [-0.1, -0.05) is 38.2 Å². The molecule has 0 saturated carbocycles. The lowest BCUT2D eigenvalue weighted by atomic mass is 10.9. The van der Waals surface area contributed by atoms with Crippen molar-refractivity contribution in [3.05, 3.63) is 0 Å². The molecule has 0 unspecified atom stereocenters. The number of hydrogen-bond donors (Lipinski definition) is 1. The summed E-state index contributed by atoms with van der Waals surface area (Å²) in [7, 11) is -0.419. The van der Waals surface area contributed by atoms with Crippen LogP contribution in [-0.2, 0) is 0 Å². The maximum Gasteiger partial charge on any atom is 0.0611 e. The van der Waals surface area contributed by atoms with E-state index in [1.807, 2.05) is 0 Å². The Morgan fingerprint density at radius 2 is 2.00 bits per heavy atom. The molecule has 1 nitrogen and oxygen atoms in total. The summed E-state index contributed by atoms with van der Waals surface area (Å²) in [5, 5.41) is 3.10. The summed E-state index contributed by atoms with van der Waals surface area (Å²) in [4.78, 5) is 0. The molecule has 3 heteroatoms. The van der Waals surface area contributed by atoms with Crippen molar-refractivity contribution in [3.63, 3.8) is 0 Å². The first kappa shape index (κ1) is 9.11. The highest BCUT2D eigenvalue weighted by molar-refractivity contribution is 7.78. The summed E-state index contributed by atoms with van der Waals surface area (Å²) in [5.41, 5.74) is 1.63. The molecule has 0 aliphatic rings. The van der Waals surface area contributed by atoms with Crippen LogP contribution >= 0.6 is 12.2 Å². The molecule has 0 amide bonds. The van der Waals surface area contributed by atoms with Gasteiger partial charge in [0.25, 0.3) is 0 Å². The van der Waals surface area contributed by atoms with Crippen LogP contribution in [0.2, 0.25) is 12.1 Å². The molecular weight excluding hydrogens is 146 g/mol. The molecule has 0 aromatic carbocycles. The number of hydrogen-bond acceptors (Lipinski definition) is 1. The van der Waals surface area contributed by atoms with Crippen molar-refractivity contribution in [2.45, 2.75) is 25.9 Å². The summed E-state index contributed by atoms with van der Waals surface area (Å²) in [5.74, 6) is 0. The fourth-order valence-corrected chi connectivity index (χ4v) is 2.67. The van der Waals surface area contributed by atoms with Crippen LogP contribution in [0.5, 0.6) is 0 Å².